The Balaban J connectivity index is 1.77. The fraction of sp³-hybridized carbons (Fsp3) is 0.474. The van der Waals surface area contributed by atoms with E-state index in [2.05, 4.69) is 24.3 Å². The van der Waals surface area contributed by atoms with E-state index < -0.39 is 0 Å². The molecular formula is C19H26N4O2. The summed E-state index contributed by atoms with van der Waals surface area (Å²) in [6, 6.07) is 8.00. The summed E-state index contributed by atoms with van der Waals surface area (Å²) >= 11 is 0. The first-order chi connectivity index (χ1) is 12.0. The lowest BCUT2D eigenvalue weighted by molar-refractivity contribution is 0.0778. The van der Waals surface area contributed by atoms with E-state index in [1.54, 1.807) is 9.58 Å². The van der Waals surface area contributed by atoms with Gasteiger partial charge < -0.3 is 15.3 Å². The molecule has 6 nitrogen and oxygen atoms in total. The van der Waals surface area contributed by atoms with Gasteiger partial charge in [0.2, 0.25) is 0 Å². The second kappa shape index (κ2) is 7.27. The third-order valence-corrected chi connectivity index (χ3v) is 4.79. The number of amides is 1. The highest BCUT2D eigenvalue weighted by molar-refractivity contribution is 5.95. The van der Waals surface area contributed by atoms with E-state index in [0.717, 1.165) is 18.7 Å². The summed E-state index contributed by atoms with van der Waals surface area (Å²) < 4.78 is 1.56. The van der Waals surface area contributed by atoms with Crippen LogP contribution in [0.1, 0.15) is 42.2 Å². The lowest BCUT2D eigenvalue weighted by Gasteiger charge is -2.15. The summed E-state index contributed by atoms with van der Waals surface area (Å²) in [6.07, 6.45) is 2.48. The summed E-state index contributed by atoms with van der Waals surface area (Å²) in [5, 5.41) is 17.7. The molecule has 2 heterocycles. The molecular weight excluding hydrogens is 316 g/mol. The Morgan fingerprint density at radius 1 is 1.36 bits per heavy atom. The van der Waals surface area contributed by atoms with Crippen LogP contribution in [0.25, 0.3) is 5.69 Å². The lowest BCUT2D eigenvalue weighted by atomic mass is 10.0. The van der Waals surface area contributed by atoms with Crippen molar-refractivity contribution in [3.63, 3.8) is 0 Å². The third-order valence-electron chi connectivity index (χ3n) is 4.79. The van der Waals surface area contributed by atoms with Gasteiger partial charge in [-0.15, -0.1) is 0 Å². The van der Waals surface area contributed by atoms with Crippen molar-refractivity contribution in [2.75, 3.05) is 26.7 Å². The van der Waals surface area contributed by atoms with Crippen LogP contribution < -0.4 is 5.32 Å². The van der Waals surface area contributed by atoms with Crippen molar-refractivity contribution in [1.82, 2.24) is 20.0 Å². The van der Waals surface area contributed by atoms with Crippen molar-refractivity contribution in [1.29, 1.82) is 0 Å². The summed E-state index contributed by atoms with van der Waals surface area (Å²) in [7, 11) is 1.92. The number of hydrogen-bond donors (Lipinski definition) is 2. The minimum Gasteiger partial charge on any atom is -0.504 e. The Morgan fingerprint density at radius 3 is 2.72 bits per heavy atom. The molecule has 2 N–H and O–H groups in total. The van der Waals surface area contributed by atoms with Gasteiger partial charge in [0.05, 0.1) is 11.9 Å². The Kier molecular flexibility index (Phi) is 5.08. The van der Waals surface area contributed by atoms with Gasteiger partial charge >= 0.3 is 0 Å². The maximum Gasteiger partial charge on any atom is 0.278 e. The zero-order chi connectivity index (χ0) is 18.0. The Hall–Kier alpha value is -2.34. The average Bonchev–Trinajstić information content (AvgIpc) is 3.21. The van der Waals surface area contributed by atoms with E-state index in [-0.39, 0.29) is 17.4 Å². The van der Waals surface area contributed by atoms with E-state index in [1.807, 2.05) is 31.3 Å². The molecule has 1 unspecified atom stereocenters. The van der Waals surface area contributed by atoms with Crippen LogP contribution >= 0.6 is 0 Å². The van der Waals surface area contributed by atoms with Crippen LogP contribution in [0.15, 0.2) is 30.5 Å². The number of aromatic hydroxyl groups is 1. The van der Waals surface area contributed by atoms with Gasteiger partial charge in [0, 0.05) is 13.1 Å². The molecule has 6 heteroatoms. The molecule has 134 valence electrons. The lowest BCUT2D eigenvalue weighted by Crippen LogP contribution is -2.30. The van der Waals surface area contributed by atoms with Crippen molar-refractivity contribution in [3.8, 4) is 11.4 Å². The summed E-state index contributed by atoms with van der Waals surface area (Å²) in [5.74, 6) is 0.642. The van der Waals surface area contributed by atoms with E-state index in [1.165, 1.54) is 11.8 Å². The van der Waals surface area contributed by atoms with E-state index in [0.29, 0.717) is 24.9 Å². The molecule has 2 aromatic rings. The van der Waals surface area contributed by atoms with Gasteiger partial charge in [0.1, 0.15) is 0 Å². The summed E-state index contributed by atoms with van der Waals surface area (Å²) in [4.78, 5) is 14.4. The van der Waals surface area contributed by atoms with Gasteiger partial charge in [-0.05, 0) is 49.5 Å². The first kappa shape index (κ1) is 17.5. The highest BCUT2D eigenvalue weighted by Crippen LogP contribution is 2.24. The van der Waals surface area contributed by atoms with Gasteiger partial charge in [-0.25, -0.2) is 4.68 Å². The highest BCUT2D eigenvalue weighted by Gasteiger charge is 2.29. The van der Waals surface area contributed by atoms with Crippen LogP contribution in [-0.4, -0.2) is 52.4 Å². The van der Waals surface area contributed by atoms with Gasteiger partial charge in [-0.2, -0.15) is 5.10 Å². The quantitative estimate of drug-likeness (QED) is 0.875. The van der Waals surface area contributed by atoms with Crippen molar-refractivity contribution in [2.24, 2.45) is 5.92 Å². The van der Waals surface area contributed by atoms with Gasteiger partial charge in [0.25, 0.3) is 5.91 Å². The molecule has 0 spiro atoms. The third kappa shape index (κ3) is 3.69. The van der Waals surface area contributed by atoms with Crippen molar-refractivity contribution in [2.45, 2.75) is 26.2 Å². The molecule has 0 bridgehead atoms. The summed E-state index contributed by atoms with van der Waals surface area (Å²) in [6.45, 7) is 6.59. The van der Waals surface area contributed by atoms with Crippen molar-refractivity contribution in [3.05, 3.63) is 41.7 Å². The smallest absolute Gasteiger partial charge is 0.278 e. The topological polar surface area (TPSA) is 70.4 Å². The largest absolute Gasteiger partial charge is 0.504 e. The number of nitrogens with zero attached hydrogens (tertiary/aromatic N) is 3. The predicted octanol–water partition coefficient (Wildman–Crippen LogP) is 2.38. The van der Waals surface area contributed by atoms with Crippen molar-refractivity contribution < 1.29 is 9.90 Å². The molecule has 1 fully saturated rings. The first-order valence-electron chi connectivity index (χ1n) is 8.82. The fourth-order valence-electron chi connectivity index (χ4n) is 3.28. The number of aromatic nitrogens is 2. The second-order valence-electron chi connectivity index (χ2n) is 7.02. The molecule has 1 aromatic carbocycles. The van der Waals surface area contributed by atoms with Crippen LogP contribution in [0, 0.1) is 5.92 Å². The number of nitrogens with one attached hydrogen (secondary N) is 1. The molecule has 1 aromatic heterocycles. The van der Waals surface area contributed by atoms with Gasteiger partial charge in [-0.3, -0.25) is 4.79 Å². The molecule has 0 aliphatic carbocycles. The number of benzene rings is 1. The van der Waals surface area contributed by atoms with E-state index in [4.69, 9.17) is 0 Å². The standard InChI is InChI=1S/C19H26N4O2/c1-13(2)15-4-6-16(7-5-15)23-12-17(24)18(21-23)19(25)22-9-8-14(11-22)10-20-3/h4-7,12-14,20,24H,8-11H2,1-3H3. The number of carbonyl (C=O) groups excluding carboxylic acids is 1. The predicted molar refractivity (Wildman–Crippen MR) is 97.3 cm³/mol. The highest BCUT2D eigenvalue weighted by atomic mass is 16.3. The molecule has 1 atom stereocenters. The van der Waals surface area contributed by atoms with Crippen LogP contribution in [0.3, 0.4) is 0 Å². The van der Waals surface area contributed by atoms with E-state index in [9.17, 15) is 9.90 Å². The minimum atomic E-state index is -0.200. The van der Waals surface area contributed by atoms with Gasteiger partial charge in [0.15, 0.2) is 11.4 Å². The fourth-order valence-corrected chi connectivity index (χ4v) is 3.28. The molecule has 0 radical (unpaired) electrons. The normalized spacial score (nSPS) is 17.4. The molecule has 1 aliphatic heterocycles. The molecule has 1 aliphatic rings. The Labute approximate surface area is 148 Å². The van der Waals surface area contributed by atoms with Crippen LogP contribution in [-0.2, 0) is 0 Å². The second-order valence-corrected chi connectivity index (χ2v) is 7.02. The monoisotopic (exact) mass is 342 g/mol. The molecule has 0 saturated carbocycles. The van der Waals surface area contributed by atoms with E-state index >= 15 is 0 Å². The SMILES string of the molecule is CNCC1CCN(C(=O)c2nn(-c3ccc(C(C)C)cc3)cc2O)C1. The molecule has 1 amide bonds. The Bertz CT molecular complexity index is 736. The molecule has 25 heavy (non-hydrogen) atoms. The zero-order valence-electron chi connectivity index (χ0n) is 15.1. The molecule has 1 saturated heterocycles. The van der Waals surface area contributed by atoms with Crippen LogP contribution in [0.5, 0.6) is 5.75 Å². The Morgan fingerprint density at radius 2 is 2.08 bits per heavy atom. The number of hydrogen-bond acceptors (Lipinski definition) is 4. The maximum absolute atomic E-state index is 12.7. The summed E-state index contributed by atoms with van der Waals surface area (Å²) in [5.41, 5.74) is 2.19. The number of rotatable bonds is 5. The van der Waals surface area contributed by atoms with Crippen molar-refractivity contribution >= 4 is 5.91 Å². The zero-order valence-corrected chi connectivity index (χ0v) is 15.1. The number of likely N-dealkylation sites (tertiary alicyclic amines) is 1. The van der Waals surface area contributed by atoms with Crippen LogP contribution in [0.2, 0.25) is 0 Å². The number of carbonyl (C=O) groups is 1. The van der Waals surface area contributed by atoms with Gasteiger partial charge in [-0.1, -0.05) is 26.0 Å². The first-order valence-corrected chi connectivity index (χ1v) is 8.82. The molecule has 3 rings (SSSR count). The minimum absolute atomic E-state index is 0.0741. The average molecular weight is 342 g/mol. The maximum atomic E-state index is 12.7. The van der Waals surface area contributed by atoms with Crippen LogP contribution in [0.4, 0.5) is 0 Å².